The second-order valence-electron chi connectivity index (χ2n) is 6.85. The Labute approximate surface area is 159 Å². The van der Waals surface area contributed by atoms with Gasteiger partial charge in [-0.15, -0.1) is 0 Å². The Hall–Kier alpha value is -3.02. The van der Waals surface area contributed by atoms with Gasteiger partial charge in [0.05, 0.1) is 13.2 Å². The van der Waals surface area contributed by atoms with Crippen molar-refractivity contribution in [2.45, 2.75) is 20.4 Å². The predicted molar refractivity (Wildman–Crippen MR) is 103 cm³/mol. The van der Waals surface area contributed by atoms with Gasteiger partial charge in [-0.1, -0.05) is 32.0 Å². The fourth-order valence-electron chi connectivity index (χ4n) is 2.74. The molecular formula is C21H24N2O4. The van der Waals surface area contributed by atoms with Crippen LogP contribution in [0.15, 0.2) is 48.5 Å². The minimum absolute atomic E-state index is 0.170. The van der Waals surface area contributed by atoms with Gasteiger partial charge in [-0.2, -0.15) is 0 Å². The zero-order chi connectivity index (χ0) is 19.2. The van der Waals surface area contributed by atoms with Crippen molar-refractivity contribution in [2.75, 3.05) is 24.7 Å². The fraction of sp³-hybridized carbons (Fsp3) is 0.333. The Morgan fingerprint density at radius 2 is 2.04 bits per heavy atom. The van der Waals surface area contributed by atoms with E-state index in [2.05, 4.69) is 19.2 Å². The summed E-state index contributed by atoms with van der Waals surface area (Å²) in [6.07, 6.45) is -0.339. The number of hydrogen-bond acceptors (Lipinski definition) is 4. The molecule has 1 fully saturated rings. The molecule has 2 aromatic rings. The van der Waals surface area contributed by atoms with Crippen LogP contribution in [0.4, 0.5) is 10.5 Å². The minimum atomic E-state index is -0.339. The number of nitrogens with one attached hydrogen (secondary N) is 1. The average molecular weight is 368 g/mol. The van der Waals surface area contributed by atoms with Gasteiger partial charge < -0.3 is 14.8 Å². The normalized spacial score (nSPS) is 13.6. The lowest BCUT2D eigenvalue weighted by atomic mass is 10.1. The summed E-state index contributed by atoms with van der Waals surface area (Å²) in [7, 11) is 0. The molecule has 6 nitrogen and oxygen atoms in total. The zero-order valence-corrected chi connectivity index (χ0v) is 15.6. The van der Waals surface area contributed by atoms with Gasteiger partial charge in [-0.25, -0.2) is 4.79 Å². The van der Waals surface area contributed by atoms with E-state index in [9.17, 15) is 9.59 Å². The number of carbonyl (C=O) groups is 2. The molecule has 0 aromatic heterocycles. The number of anilines is 1. The van der Waals surface area contributed by atoms with E-state index < -0.39 is 0 Å². The summed E-state index contributed by atoms with van der Waals surface area (Å²) in [6, 6.07) is 14.7. The third kappa shape index (κ3) is 5.00. The van der Waals surface area contributed by atoms with Crippen LogP contribution in [-0.4, -0.2) is 31.8 Å². The number of cyclic esters (lactones) is 1. The molecule has 2 aromatic carbocycles. The predicted octanol–water partition coefficient (Wildman–Crippen LogP) is 3.61. The van der Waals surface area contributed by atoms with Gasteiger partial charge in [0.15, 0.2) is 0 Å². The molecule has 0 saturated carbocycles. The Bertz CT molecular complexity index is 819. The van der Waals surface area contributed by atoms with Gasteiger partial charge in [-0.3, -0.25) is 9.69 Å². The summed E-state index contributed by atoms with van der Waals surface area (Å²) in [5.41, 5.74) is 2.23. The van der Waals surface area contributed by atoms with Crippen molar-refractivity contribution in [3.63, 3.8) is 0 Å². The average Bonchev–Trinajstić information content (AvgIpc) is 3.11. The molecule has 142 valence electrons. The van der Waals surface area contributed by atoms with Crippen molar-refractivity contribution in [3.8, 4) is 5.75 Å². The summed E-state index contributed by atoms with van der Waals surface area (Å²) in [6.45, 7) is 6.06. The molecule has 0 bridgehead atoms. The van der Waals surface area contributed by atoms with E-state index in [-0.39, 0.29) is 12.0 Å². The fourth-order valence-corrected chi connectivity index (χ4v) is 2.74. The number of hydrogen-bond donors (Lipinski definition) is 1. The maximum Gasteiger partial charge on any atom is 0.414 e. The van der Waals surface area contributed by atoms with Crippen molar-refractivity contribution in [2.24, 2.45) is 5.92 Å². The molecule has 0 radical (unpaired) electrons. The van der Waals surface area contributed by atoms with E-state index >= 15 is 0 Å². The topological polar surface area (TPSA) is 67.9 Å². The first-order valence-corrected chi connectivity index (χ1v) is 9.07. The number of amides is 2. The smallest absolute Gasteiger partial charge is 0.414 e. The Morgan fingerprint density at radius 3 is 2.78 bits per heavy atom. The SMILES string of the molecule is CC(C)COc1cccc(C(=O)NCc2cccc(N3CCOC3=O)c2)c1. The van der Waals surface area contributed by atoms with Crippen LogP contribution in [0, 0.1) is 5.92 Å². The van der Waals surface area contributed by atoms with Gasteiger partial charge in [0.25, 0.3) is 5.91 Å². The molecule has 3 rings (SSSR count). The van der Waals surface area contributed by atoms with E-state index in [0.29, 0.717) is 43.5 Å². The highest BCUT2D eigenvalue weighted by Gasteiger charge is 2.23. The first kappa shape index (κ1) is 18.8. The third-order valence-corrected chi connectivity index (χ3v) is 4.12. The highest BCUT2D eigenvalue weighted by atomic mass is 16.6. The summed E-state index contributed by atoms with van der Waals surface area (Å²) in [5, 5.41) is 2.91. The lowest BCUT2D eigenvalue weighted by Crippen LogP contribution is -2.25. The monoisotopic (exact) mass is 368 g/mol. The van der Waals surface area contributed by atoms with Crippen LogP contribution in [-0.2, 0) is 11.3 Å². The molecule has 1 heterocycles. The second kappa shape index (κ2) is 8.58. The number of rotatable bonds is 7. The maximum atomic E-state index is 12.5. The summed E-state index contributed by atoms with van der Waals surface area (Å²) in [4.78, 5) is 25.7. The van der Waals surface area contributed by atoms with E-state index in [0.717, 1.165) is 11.3 Å². The number of ether oxygens (including phenoxy) is 2. The van der Waals surface area contributed by atoms with E-state index in [1.165, 1.54) is 0 Å². The number of benzene rings is 2. The van der Waals surface area contributed by atoms with Crippen LogP contribution in [0.3, 0.4) is 0 Å². The molecule has 6 heteroatoms. The summed E-state index contributed by atoms with van der Waals surface area (Å²) in [5.74, 6) is 0.935. The molecule has 0 aliphatic carbocycles. The molecule has 0 atom stereocenters. The van der Waals surface area contributed by atoms with Crippen LogP contribution in [0.25, 0.3) is 0 Å². The largest absolute Gasteiger partial charge is 0.493 e. The first-order valence-electron chi connectivity index (χ1n) is 9.07. The van der Waals surface area contributed by atoms with Gasteiger partial charge in [0, 0.05) is 17.8 Å². The molecule has 0 unspecified atom stereocenters. The second-order valence-corrected chi connectivity index (χ2v) is 6.85. The third-order valence-electron chi connectivity index (χ3n) is 4.12. The van der Waals surface area contributed by atoms with Crippen molar-refractivity contribution >= 4 is 17.7 Å². The lowest BCUT2D eigenvalue weighted by Gasteiger charge is -2.14. The molecular weight excluding hydrogens is 344 g/mol. The molecule has 0 spiro atoms. The lowest BCUT2D eigenvalue weighted by molar-refractivity contribution is 0.0950. The standard InChI is InChI=1S/C21H24N2O4/c1-15(2)14-27-19-8-4-6-17(12-19)20(24)22-13-16-5-3-7-18(11-16)23-9-10-26-21(23)25/h3-8,11-12,15H,9-10,13-14H2,1-2H3,(H,22,24). The number of carbonyl (C=O) groups excluding carboxylic acids is 2. The van der Waals surface area contributed by atoms with Crippen LogP contribution in [0.1, 0.15) is 29.8 Å². The molecule has 1 N–H and O–H groups in total. The van der Waals surface area contributed by atoms with E-state index in [1.54, 1.807) is 17.0 Å². The first-order chi connectivity index (χ1) is 13.0. The summed E-state index contributed by atoms with van der Waals surface area (Å²) < 4.78 is 10.6. The highest BCUT2D eigenvalue weighted by Crippen LogP contribution is 2.20. The Kier molecular flexibility index (Phi) is 5.96. The van der Waals surface area contributed by atoms with Gasteiger partial charge in [0.1, 0.15) is 12.4 Å². The van der Waals surface area contributed by atoms with E-state index in [4.69, 9.17) is 9.47 Å². The molecule has 1 saturated heterocycles. The van der Waals surface area contributed by atoms with Crippen molar-refractivity contribution in [1.82, 2.24) is 5.32 Å². The quantitative estimate of drug-likeness (QED) is 0.811. The van der Waals surface area contributed by atoms with Gasteiger partial charge >= 0.3 is 6.09 Å². The van der Waals surface area contributed by atoms with Crippen molar-refractivity contribution in [3.05, 3.63) is 59.7 Å². The van der Waals surface area contributed by atoms with Crippen LogP contribution < -0.4 is 15.0 Å². The van der Waals surface area contributed by atoms with Gasteiger partial charge in [0.2, 0.25) is 0 Å². The number of nitrogens with zero attached hydrogens (tertiary/aromatic N) is 1. The maximum absolute atomic E-state index is 12.5. The van der Waals surface area contributed by atoms with Crippen molar-refractivity contribution < 1.29 is 19.1 Å². The molecule has 27 heavy (non-hydrogen) atoms. The molecule has 1 aliphatic rings. The zero-order valence-electron chi connectivity index (χ0n) is 15.6. The van der Waals surface area contributed by atoms with Crippen LogP contribution in [0.5, 0.6) is 5.75 Å². The van der Waals surface area contributed by atoms with Crippen LogP contribution in [0.2, 0.25) is 0 Å². The Morgan fingerprint density at radius 1 is 1.22 bits per heavy atom. The van der Waals surface area contributed by atoms with Gasteiger partial charge in [-0.05, 0) is 41.8 Å². The highest BCUT2D eigenvalue weighted by molar-refractivity contribution is 5.94. The molecule has 2 amide bonds. The van der Waals surface area contributed by atoms with Crippen LogP contribution >= 0.6 is 0 Å². The van der Waals surface area contributed by atoms with E-state index in [1.807, 2.05) is 36.4 Å². The molecule has 1 aliphatic heterocycles. The summed E-state index contributed by atoms with van der Waals surface area (Å²) >= 11 is 0. The minimum Gasteiger partial charge on any atom is -0.493 e. The van der Waals surface area contributed by atoms with Crippen molar-refractivity contribution in [1.29, 1.82) is 0 Å². The Balaban J connectivity index is 1.61.